The van der Waals surface area contributed by atoms with Crippen molar-refractivity contribution in [3.05, 3.63) is 82.9 Å². The number of carboxylic acids is 2. The Morgan fingerprint density at radius 2 is 1.00 bits per heavy atom. The third kappa shape index (κ3) is 4.60. The number of hydrogen-bond acceptors (Lipinski definition) is 4. The van der Waals surface area contributed by atoms with E-state index < -0.39 is 23.4 Å². The molecule has 0 radical (unpaired) electrons. The predicted molar refractivity (Wildman–Crippen MR) is 122 cm³/mol. The van der Waals surface area contributed by atoms with Crippen molar-refractivity contribution in [3.63, 3.8) is 0 Å². The summed E-state index contributed by atoms with van der Waals surface area (Å²) >= 11 is 0. The van der Waals surface area contributed by atoms with Gasteiger partial charge in [-0.25, -0.2) is 9.59 Å². The zero-order valence-corrected chi connectivity index (χ0v) is 15.1. The average molecular weight is 436 g/mol. The van der Waals surface area contributed by atoms with Crippen molar-refractivity contribution < 1.29 is 30.0 Å². The number of rotatable bonds is 4. The summed E-state index contributed by atoms with van der Waals surface area (Å²) in [7, 11) is 0. The number of aromatic hydroxyl groups is 2. The van der Waals surface area contributed by atoms with Gasteiger partial charge in [0.1, 0.15) is 22.6 Å². The molecule has 0 atom stereocenters. The predicted octanol–water partition coefficient (Wildman–Crippen LogP) is 3.09. The van der Waals surface area contributed by atoms with Gasteiger partial charge in [-0.15, -0.1) is 0 Å². The zero-order valence-electron chi connectivity index (χ0n) is 15.1. The molecule has 4 rings (SSSR count). The molecule has 0 aliphatic rings. The van der Waals surface area contributed by atoms with Gasteiger partial charge < -0.3 is 20.4 Å². The minimum absolute atomic E-state index is 0. The Bertz CT molecular complexity index is 1220. The molecule has 0 unspecified atom stereocenters. The number of phenols is 2. The van der Waals surface area contributed by atoms with Crippen LogP contribution in [-0.4, -0.2) is 91.5 Å². The summed E-state index contributed by atoms with van der Waals surface area (Å²) in [6.07, 6.45) is -0.0407. The van der Waals surface area contributed by atoms with Crippen LogP contribution < -0.4 is 0 Å². The maximum atomic E-state index is 11.6. The maximum absolute atomic E-state index is 11.6. The number of benzene rings is 4. The number of carboxylic acid groups (broad SMARTS) is 2. The Labute approximate surface area is 221 Å². The van der Waals surface area contributed by atoms with E-state index in [-0.39, 0.29) is 76.7 Å². The van der Waals surface area contributed by atoms with Crippen molar-refractivity contribution in [2.45, 2.75) is 6.42 Å². The molecule has 0 saturated carbocycles. The molecule has 4 aromatic rings. The molecule has 0 aromatic heterocycles. The van der Waals surface area contributed by atoms with Gasteiger partial charge in [-0.3, -0.25) is 0 Å². The van der Waals surface area contributed by atoms with Crippen LogP contribution in [0.2, 0.25) is 0 Å². The number of carbonyl (C=O) groups is 2. The first-order chi connectivity index (χ1) is 13.9. The Kier molecular flexibility index (Phi) is 8.16. The van der Waals surface area contributed by atoms with Crippen LogP contribution in [0.3, 0.4) is 0 Å². The van der Waals surface area contributed by atoms with Gasteiger partial charge in [-0.2, -0.15) is 0 Å². The van der Waals surface area contributed by atoms with Crippen molar-refractivity contribution in [1.29, 1.82) is 0 Å². The van der Waals surface area contributed by atoms with Gasteiger partial charge in [0.15, 0.2) is 0 Å². The number of aromatic carboxylic acids is 2. The fourth-order valence-electron chi connectivity index (χ4n) is 3.68. The zero-order chi connectivity index (χ0) is 20.7. The van der Waals surface area contributed by atoms with Crippen LogP contribution in [0.25, 0.3) is 21.5 Å². The van der Waals surface area contributed by atoms with E-state index in [4.69, 9.17) is 0 Å². The van der Waals surface area contributed by atoms with E-state index in [1.807, 2.05) is 0 Å². The molecule has 4 aromatic carbocycles. The van der Waals surface area contributed by atoms with Crippen LogP contribution in [-0.2, 0) is 6.42 Å². The third-order valence-electron chi connectivity index (χ3n) is 5.07. The normalized spacial score (nSPS) is 10.3. The summed E-state index contributed by atoms with van der Waals surface area (Å²) in [5, 5.41) is 42.8. The first-order valence-corrected chi connectivity index (χ1v) is 8.82. The number of fused-ring (bicyclic) bond motifs is 2. The Morgan fingerprint density at radius 3 is 1.35 bits per heavy atom. The summed E-state index contributed by atoms with van der Waals surface area (Å²) in [4.78, 5) is 23.2. The SMILES string of the molecule is O=C(O)c1cc2ccccc2c(Cc2c(O)c(C(=O)O)cc3ccccc23)c1O.[NaH].[NaH]. The molecule has 6 nitrogen and oxygen atoms in total. The molecular weight excluding hydrogens is 418 g/mol. The van der Waals surface area contributed by atoms with E-state index in [2.05, 4.69) is 0 Å². The van der Waals surface area contributed by atoms with Crippen molar-refractivity contribution in [3.8, 4) is 11.5 Å². The number of hydrogen-bond donors (Lipinski definition) is 4. The molecule has 31 heavy (non-hydrogen) atoms. The van der Waals surface area contributed by atoms with Crippen molar-refractivity contribution in [2.75, 3.05) is 0 Å². The summed E-state index contributed by atoms with van der Waals surface area (Å²) < 4.78 is 0. The molecule has 0 spiro atoms. The van der Waals surface area contributed by atoms with Gasteiger partial charge in [-0.05, 0) is 33.7 Å². The topological polar surface area (TPSA) is 115 Å². The standard InChI is InChI=1S/C23H16O6.2Na.2H/c24-20-16(14-7-3-1-5-12(14)9-18(20)22(26)27)11-17-15-8-4-2-6-13(15)10-19(21(17)25)23(28)29;;;;/h1-10,24-25H,11H2,(H,26,27)(H,28,29);;;;. The van der Waals surface area contributed by atoms with Crippen molar-refractivity contribution >= 4 is 92.6 Å². The first kappa shape index (κ1) is 25.2. The van der Waals surface area contributed by atoms with Gasteiger partial charge in [0.2, 0.25) is 0 Å². The van der Waals surface area contributed by atoms with Crippen LogP contribution >= 0.6 is 0 Å². The summed E-state index contributed by atoms with van der Waals surface area (Å²) in [5.74, 6) is -3.36. The van der Waals surface area contributed by atoms with E-state index in [1.54, 1.807) is 48.5 Å². The first-order valence-electron chi connectivity index (χ1n) is 8.82. The Hall–Kier alpha value is -2.06. The Morgan fingerprint density at radius 1 is 0.645 bits per heavy atom. The van der Waals surface area contributed by atoms with E-state index in [0.29, 0.717) is 32.7 Å². The third-order valence-corrected chi connectivity index (χ3v) is 5.07. The molecule has 0 aliphatic heterocycles. The molecule has 0 bridgehead atoms. The van der Waals surface area contributed by atoms with Crippen LogP contribution in [0, 0.1) is 0 Å². The monoisotopic (exact) mass is 436 g/mol. The second kappa shape index (κ2) is 10.0. The van der Waals surface area contributed by atoms with Gasteiger partial charge in [0.25, 0.3) is 0 Å². The van der Waals surface area contributed by atoms with Gasteiger partial charge in [0, 0.05) is 17.5 Å². The second-order valence-electron chi connectivity index (χ2n) is 6.73. The molecule has 148 valence electrons. The van der Waals surface area contributed by atoms with Gasteiger partial charge >= 0.3 is 71.1 Å². The quantitative estimate of drug-likeness (QED) is 0.366. The summed E-state index contributed by atoms with van der Waals surface area (Å²) in [6.45, 7) is 0. The van der Waals surface area contributed by atoms with Crippen LogP contribution in [0.5, 0.6) is 11.5 Å². The van der Waals surface area contributed by atoms with E-state index in [0.717, 1.165) is 0 Å². The average Bonchev–Trinajstić information content (AvgIpc) is 2.70. The summed E-state index contributed by atoms with van der Waals surface area (Å²) in [6, 6.07) is 16.8. The van der Waals surface area contributed by atoms with Gasteiger partial charge in [0.05, 0.1) is 0 Å². The fourth-order valence-corrected chi connectivity index (χ4v) is 3.68. The van der Waals surface area contributed by atoms with Crippen LogP contribution in [0.15, 0.2) is 60.7 Å². The minimum atomic E-state index is -1.28. The second-order valence-corrected chi connectivity index (χ2v) is 6.73. The van der Waals surface area contributed by atoms with Crippen molar-refractivity contribution in [1.82, 2.24) is 0 Å². The molecule has 0 heterocycles. The Balaban J connectivity index is 0.00000171. The fraction of sp³-hybridized carbons (Fsp3) is 0.0435. The molecule has 0 saturated heterocycles. The molecule has 8 heteroatoms. The molecule has 0 fully saturated rings. The molecule has 4 N–H and O–H groups in total. The van der Waals surface area contributed by atoms with Crippen molar-refractivity contribution in [2.24, 2.45) is 0 Å². The van der Waals surface area contributed by atoms with E-state index in [1.165, 1.54) is 12.1 Å². The van der Waals surface area contributed by atoms with E-state index >= 15 is 0 Å². The van der Waals surface area contributed by atoms with E-state index in [9.17, 15) is 30.0 Å². The van der Waals surface area contributed by atoms with Crippen LogP contribution in [0.1, 0.15) is 31.8 Å². The summed E-state index contributed by atoms with van der Waals surface area (Å²) in [5.41, 5.74) is 0.112. The molecule has 0 aliphatic carbocycles. The van der Waals surface area contributed by atoms with Gasteiger partial charge in [-0.1, -0.05) is 48.5 Å². The van der Waals surface area contributed by atoms with Crippen LogP contribution in [0.4, 0.5) is 0 Å². The molecule has 0 amide bonds. The molecular formula is C23H18Na2O6.